The van der Waals surface area contributed by atoms with E-state index in [1.165, 1.54) is 19.3 Å². The lowest BCUT2D eigenvalue weighted by Crippen LogP contribution is -2.48. The Balaban J connectivity index is 2.68. The summed E-state index contributed by atoms with van der Waals surface area (Å²) in [6, 6.07) is 0. The first kappa shape index (κ1) is 15.9. The predicted molar refractivity (Wildman–Crippen MR) is 73.3 cm³/mol. The molecule has 108 valence electrons. The van der Waals surface area contributed by atoms with E-state index in [2.05, 4.69) is 6.92 Å². The third-order valence-corrected chi connectivity index (χ3v) is 3.96. The number of ether oxygens (including phenoxy) is 3. The summed E-state index contributed by atoms with van der Waals surface area (Å²) in [6.45, 7) is 10.2. The fourth-order valence-electron chi connectivity index (χ4n) is 3.01. The fourth-order valence-corrected chi connectivity index (χ4v) is 3.01. The van der Waals surface area contributed by atoms with Gasteiger partial charge in [0, 0.05) is 25.7 Å². The second-order valence-electron chi connectivity index (χ2n) is 5.03. The summed E-state index contributed by atoms with van der Waals surface area (Å²) in [7, 11) is 0. The van der Waals surface area contributed by atoms with Crippen LogP contribution in [0.4, 0.5) is 0 Å². The molecule has 1 saturated carbocycles. The molecule has 3 heteroatoms. The number of rotatable bonds is 8. The van der Waals surface area contributed by atoms with E-state index in [0.29, 0.717) is 25.7 Å². The van der Waals surface area contributed by atoms with Gasteiger partial charge in [-0.15, -0.1) is 0 Å². The van der Waals surface area contributed by atoms with Gasteiger partial charge in [0.1, 0.15) is 0 Å². The minimum Gasteiger partial charge on any atom is -0.328 e. The van der Waals surface area contributed by atoms with E-state index in [0.717, 1.165) is 18.8 Å². The van der Waals surface area contributed by atoms with Crippen LogP contribution < -0.4 is 0 Å². The summed E-state index contributed by atoms with van der Waals surface area (Å²) in [4.78, 5) is 0. The molecule has 0 aromatic rings. The van der Waals surface area contributed by atoms with Gasteiger partial charge in [-0.3, -0.25) is 0 Å². The molecule has 0 saturated heterocycles. The van der Waals surface area contributed by atoms with Crippen molar-refractivity contribution in [2.45, 2.75) is 65.8 Å². The van der Waals surface area contributed by atoms with Gasteiger partial charge in [0.05, 0.1) is 0 Å². The smallest absolute Gasteiger partial charge is 0.285 e. The van der Waals surface area contributed by atoms with Crippen LogP contribution in [0.3, 0.4) is 0 Å². The lowest BCUT2D eigenvalue weighted by Gasteiger charge is -2.42. The highest BCUT2D eigenvalue weighted by Gasteiger charge is 2.43. The quantitative estimate of drug-likeness (QED) is 0.617. The van der Waals surface area contributed by atoms with Crippen molar-refractivity contribution in [3.63, 3.8) is 0 Å². The van der Waals surface area contributed by atoms with Crippen molar-refractivity contribution in [1.29, 1.82) is 0 Å². The van der Waals surface area contributed by atoms with Crippen molar-refractivity contribution < 1.29 is 14.2 Å². The van der Waals surface area contributed by atoms with Crippen LogP contribution in [0.1, 0.15) is 59.8 Å². The van der Waals surface area contributed by atoms with Crippen LogP contribution in [0.25, 0.3) is 0 Å². The zero-order chi connectivity index (χ0) is 13.4. The first-order valence-corrected chi connectivity index (χ1v) is 7.64. The third kappa shape index (κ3) is 3.94. The van der Waals surface area contributed by atoms with E-state index in [9.17, 15) is 0 Å². The van der Waals surface area contributed by atoms with Crippen LogP contribution in [0.2, 0.25) is 0 Å². The molecule has 18 heavy (non-hydrogen) atoms. The summed E-state index contributed by atoms with van der Waals surface area (Å²) in [6.07, 6.45) is 6.14. The molecule has 0 aliphatic heterocycles. The highest BCUT2D eigenvalue weighted by molar-refractivity contribution is 4.79. The summed E-state index contributed by atoms with van der Waals surface area (Å²) >= 11 is 0. The first-order valence-electron chi connectivity index (χ1n) is 7.64. The van der Waals surface area contributed by atoms with Crippen LogP contribution >= 0.6 is 0 Å². The van der Waals surface area contributed by atoms with E-state index in [1.54, 1.807) is 0 Å². The van der Waals surface area contributed by atoms with E-state index in [1.807, 2.05) is 20.8 Å². The Morgan fingerprint density at radius 1 is 0.778 bits per heavy atom. The van der Waals surface area contributed by atoms with Crippen LogP contribution in [0.15, 0.2) is 0 Å². The van der Waals surface area contributed by atoms with Crippen molar-refractivity contribution in [3.8, 4) is 0 Å². The Morgan fingerprint density at radius 2 is 1.22 bits per heavy atom. The molecule has 0 spiro atoms. The molecular weight excluding hydrogens is 228 g/mol. The third-order valence-electron chi connectivity index (χ3n) is 3.96. The zero-order valence-corrected chi connectivity index (χ0v) is 12.5. The number of hydrogen-bond acceptors (Lipinski definition) is 3. The molecular formula is C15H30O3. The SMILES string of the molecule is CCOC(OCC)(OCC)C1CCC(CC)CC1. The molecule has 0 aromatic heterocycles. The van der Waals surface area contributed by atoms with Gasteiger partial charge in [-0.1, -0.05) is 13.3 Å². The summed E-state index contributed by atoms with van der Waals surface area (Å²) in [5.41, 5.74) is 0. The predicted octanol–water partition coefficient (Wildman–Crippen LogP) is 3.97. The van der Waals surface area contributed by atoms with Crippen LogP contribution in [0, 0.1) is 11.8 Å². The molecule has 0 aromatic carbocycles. The van der Waals surface area contributed by atoms with Gasteiger partial charge >= 0.3 is 0 Å². The molecule has 1 fully saturated rings. The average Bonchev–Trinajstić information content (AvgIpc) is 2.39. The molecule has 1 aliphatic carbocycles. The normalized spacial score (nSPS) is 25.3. The lowest BCUT2D eigenvalue weighted by atomic mass is 9.79. The van der Waals surface area contributed by atoms with Gasteiger partial charge in [-0.2, -0.15) is 0 Å². The molecule has 0 radical (unpaired) electrons. The van der Waals surface area contributed by atoms with E-state index >= 15 is 0 Å². The maximum absolute atomic E-state index is 5.87. The van der Waals surface area contributed by atoms with Crippen molar-refractivity contribution in [2.75, 3.05) is 19.8 Å². The molecule has 0 N–H and O–H groups in total. The van der Waals surface area contributed by atoms with Gasteiger partial charge in [0.2, 0.25) is 0 Å². The molecule has 0 amide bonds. The molecule has 0 atom stereocenters. The fraction of sp³-hybridized carbons (Fsp3) is 1.00. The average molecular weight is 258 g/mol. The standard InChI is InChI=1S/C15H30O3/c1-5-13-9-11-14(12-10-13)15(16-6-2,17-7-3)18-8-4/h13-14H,5-12H2,1-4H3. The molecule has 1 aliphatic rings. The van der Waals surface area contributed by atoms with Crippen LogP contribution in [0.5, 0.6) is 0 Å². The minimum atomic E-state index is -0.795. The van der Waals surface area contributed by atoms with Crippen molar-refractivity contribution in [3.05, 3.63) is 0 Å². The van der Waals surface area contributed by atoms with Gasteiger partial charge in [-0.25, -0.2) is 0 Å². The van der Waals surface area contributed by atoms with Gasteiger partial charge < -0.3 is 14.2 Å². The maximum atomic E-state index is 5.87. The summed E-state index contributed by atoms with van der Waals surface area (Å²) < 4.78 is 17.6. The summed E-state index contributed by atoms with van der Waals surface area (Å²) in [5.74, 6) is 0.459. The van der Waals surface area contributed by atoms with E-state index in [4.69, 9.17) is 14.2 Å². The molecule has 0 heterocycles. The maximum Gasteiger partial charge on any atom is 0.285 e. The van der Waals surface area contributed by atoms with E-state index < -0.39 is 5.97 Å². The van der Waals surface area contributed by atoms with Gasteiger partial charge in [0.15, 0.2) is 0 Å². The van der Waals surface area contributed by atoms with Crippen molar-refractivity contribution in [2.24, 2.45) is 11.8 Å². The summed E-state index contributed by atoms with van der Waals surface area (Å²) in [5, 5.41) is 0. The Bertz CT molecular complexity index is 193. The highest BCUT2D eigenvalue weighted by atomic mass is 16.9. The second kappa shape index (κ2) is 8.13. The largest absolute Gasteiger partial charge is 0.328 e. The Kier molecular flexibility index (Phi) is 7.20. The van der Waals surface area contributed by atoms with Gasteiger partial charge in [-0.05, 0) is 52.4 Å². The number of hydrogen-bond donors (Lipinski definition) is 0. The molecule has 3 nitrogen and oxygen atoms in total. The van der Waals surface area contributed by atoms with Crippen LogP contribution in [-0.4, -0.2) is 25.8 Å². The van der Waals surface area contributed by atoms with Crippen molar-refractivity contribution in [1.82, 2.24) is 0 Å². The molecule has 0 unspecified atom stereocenters. The second-order valence-corrected chi connectivity index (χ2v) is 5.03. The zero-order valence-electron chi connectivity index (χ0n) is 12.5. The van der Waals surface area contributed by atoms with E-state index in [-0.39, 0.29) is 0 Å². The Labute approximate surface area is 112 Å². The monoisotopic (exact) mass is 258 g/mol. The highest BCUT2D eigenvalue weighted by Crippen LogP contribution is 2.40. The van der Waals surface area contributed by atoms with Crippen molar-refractivity contribution >= 4 is 0 Å². The van der Waals surface area contributed by atoms with Crippen LogP contribution in [-0.2, 0) is 14.2 Å². The first-order chi connectivity index (χ1) is 8.72. The Morgan fingerprint density at radius 3 is 1.56 bits per heavy atom. The Hall–Kier alpha value is -0.120. The lowest BCUT2D eigenvalue weighted by molar-refractivity contribution is -0.405. The molecule has 0 bridgehead atoms. The molecule has 1 rings (SSSR count). The van der Waals surface area contributed by atoms with Gasteiger partial charge in [0.25, 0.3) is 5.97 Å². The minimum absolute atomic E-state index is 0.375. The topological polar surface area (TPSA) is 27.7 Å².